The normalized spacial score (nSPS) is 22.8. The van der Waals surface area contributed by atoms with Crippen LogP contribution in [0.5, 0.6) is 28.7 Å². The number of benzene rings is 2. The van der Waals surface area contributed by atoms with E-state index in [4.69, 9.17) is 23.7 Å². The van der Waals surface area contributed by atoms with E-state index in [0.717, 1.165) is 31.2 Å². The second-order valence-electron chi connectivity index (χ2n) is 9.86. The fourth-order valence-electron chi connectivity index (χ4n) is 6.04. The van der Waals surface area contributed by atoms with Crippen LogP contribution in [-0.2, 0) is 0 Å². The van der Waals surface area contributed by atoms with Crippen molar-refractivity contribution >= 4 is 5.91 Å². The van der Waals surface area contributed by atoms with Gasteiger partial charge in [0.2, 0.25) is 5.75 Å². The highest BCUT2D eigenvalue weighted by atomic mass is 16.5. The summed E-state index contributed by atoms with van der Waals surface area (Å²) in [6.07, 6.45) is 4.07. The largest absolute Gasteiger partial charge is 0.497 e. The van der Waals surface area contributed by atoms with Gasteiger partial charge in [-0.3, -0.25) is 4.79 Å². The standard InChI is InChI=1S/C30H41NO7/c1-6-36-25-17-20(18-26(37-7-2)28(25)38-8-3)29(32)31-16-15-30(33)14-10-9-11-23(30)27(31)22-19-21(34-4)12-13-24(22)35-5/h12-13,17-19,23,27,33H,6-11,14-16H2,1-5H3/t23-,27+,30-/m1/s1. The van der Waals surface area contributed by atoms with Crippen LogP contribution in [0.3, 0.4) is 0 Å². The van der Waals surface area contributed by atoms with Crippen molar-refractivity contribution in [2.24, 2.45) is 5.92 Å². The first-order valence-corrected chi connectivity index (χ1v) is 13.7. The summed E-state index contributed by atoms with van der Waals surface area (Å²) in [6.45, 7) is 7.39. The molecule has 0 radical (unpaired) electrons. The lowest BCUT2D eigenvalue weighted by Gasteiger charge is -2.52. The molecule has 1 aliphatic carbocycles. The van der Waals surface area contributed by atoms with Gasteiger partial charge in [0, 0.05) is 23.6 Å². The van der Waals surface area contributed by atoms with E-state index in [2.05, 4.69) is 0 Å². The number of carbonyl (C=O) groups is 1. The number of rotatable bonds is 10. The minimum atomic E-state index is -0.834. The summed E-state index contributed by atoms with van der Waals surface area (Å²) in [7, 11) is 3.25. The van der Waals surface area contributed by atoms with E-state index in [1.807, 2.05) is 43.9 Å². The van der Waals surface area contributed by atoms with Crippen molar-refractivity contribution in [1.29, 1.82) is 0 Å². The fourth-order valence-corrected chi connectivity index (χ4v) is 6.04. The molecule has 4 rings (SSSR count). The zero-order valence-electron chi connectivity index (χ0n) is 23.2. The minimum Gasteiger partial charge on any atom is -0.497 e. The molecule has 1 N–H and O–H groups in total. The molecule has 1 heterocycles. The van der Waals surface area contributed by atoms with Crippen molar-refractivity contribution in [1.82, 2.24) is 4.90 Å². The molecule has 8 heteroatoms. The number of fused-ring (bicyclic) bond motifs is 1. The van der Waals surface area contributed by atoms with E-state index in [9.17, 15) is 9.90 Å². The van der Waals surface area contributed by atoms with Gasteiger partial charge in [-0.2, -0.15) is 0 Å². The predicted molar refractivity (Wildman–Crippen MR) is 145 cm³/mol. The van der Waals surface area contributed by atoms with Crippen LogP contribution in [0.1, 0.15) is 74.8 Å². The Kier molecular flexibility index (Phi) is 8.92. The molecule has 0 aromatic heterocycles. The molecular weight excluding hydrogens is 486 g/mol. The van der Waals surface area contributed by atoms with Gasteiger partial charge in [0.1, 0.15) is 11.5 Å². The number of methoxy groups -OCH3 is 2. The monoisotopic (exact) mass is 527 g/mol. The summed E-state index contributed by atoms with van der Waals surface area (Å²) in [5, 5.41) is 11.7. The van der Waals surface area contributed by atoms with Crippen LogP contribution in [0.15, 0.2) is 30.3 Å². The molecule has 0 bridgehead atoms. The number of likely N-dealkylation sites (tertiary alicyclic amines) is 1. The second-order valence-corrected chi connectivity index (χ2v) is 9.86. The Morgan fingerprint density at radius 3 is 2.21 bits per heavy atom. The van der Waals surface area contributed by atoms with Gasteiger partial charge in [-0.25, -0.2) is 0 Å². The van der Waals surface area contributed by atoms with Gasteiger partial charge in [0.25, 0.3) is 5.91 Å². The summed E-state index contributed by atoms with van der Waals surface area (Å²) in [5.74, 6) is 2.51. The topological polar surface area (TPSA) is 86.7 Å². The molecule has 1 saturated heterocycles. The lowest BCUT2D eigenvalue weighted by molar-refractivity contribution is -0.115. The van der Waals surface area contributed by atoms with Crippen molar-refractivity contribution in [2.45, 2.75) is 64.5 Å². The van der Waals surface area contributed by atoms with Crippen LogP contribution in [0.25, 0.3) is 0 Å². The number of nitrogens with zero attached hydrogens (tertiary/aromatic N) is 1. The average molecular weight is 528 g/mol. The molecule has 0 spiro atoms. The Morgan fingerprint density at radius 2 is 1.61 bits per heavy atom. The van der Waals surface area contributed by atoms with Crippen LogP contribution in [0.2, 0.25) is 0 Å². The molecule has 2 fully saturated rings. The lowest BCUT2D eigenvalue weighted by atomic mass is 9.66. The molecule has 2 aromatic rings. The quantitative estimate of drug-likeness (QED) is 0.442. The number of carbonyl (C=O) groups excluding carboxylic acids is 1. The Morgan fingerprint density at radius 1 is 0.921 bits per heavy atom. The summed E-state index contributed by atoms with van der Waals surface area (Å²) in [5.41, 5.74) is 0.458. The summed E-state index contributed by atoms with van der Waals surface area (Å²) in [4.78, 5) is 16.2. The SMILES string of the molecule is CCOc1cc(C(=O)N2CC[C@]3(O)CCCC[C@@H]3[C@@H]2c2cc(OC)ccc2OC)cc(OCC)c1OCC. The Bertz CT molecular complexity index is 1090. The van der Waals surface area contributed by atoms with Gasteiger partial charge in [0.15, 0.2) is 11.5 Å². The van der Waals surface area contributed by atoms with E-state index >= 15 is 0 Å². The summed E-state index contributed by atoms with van der Waals surface area (Å²) >= 11 is 0. The average Bonchev–Trinajstić information content (AvgIpc) is 2.93. The van der Waals surface area contributed by atoms with Crippen molar-refractivity contribution in [3.8, 4) is 28.7 Å². The summed E-state index contributed by atoms with van der Waals surface area (Å²) < 4.78 is 28.9. The van der Waals surface area contributed by atoms with E-state index in [-0.39, 0.29) is 17.9 Å². The van der Waals surface area contributed by atoms with Crippen molar-refractivity contribution < 1.29 is 33.6 Å². The highest BCUT2D eigenvalue weighted by molar-refractivity contribution is 5.96. The highest BCUT2D eigenvalue weighted by Crippen LogP contribution is 2.52. The third kappa shape index (κ3) is 5.37. The van der Waals surface area contributed by atoms with E-state index in [1.165, 1.54) is 0 Å². The van der Waals surface area contributed by atoms with Crippen molar-refractivity contribution in [3.05, 3.63) is 41.5 Å². The lowest BCUT2D eigenvalue weighted by Crippen LogP contribution is -2.56. The fraction of sp³-hybridized carbons (Fsp3) is 0.567. The molecule has 1 aliphatic heterocycles. The minimum absolute atomic E-state index is 0.129. The third-order valence-corrected chi connectivity index (χ3v) is 7.74. The third-order valence-electron chi connectivity index (χ3n) is 7.74. The number of piperidine rings is 1. The number of ether oxygens (including phenoxy) is 5. The first kappa shape index (κ1) is 27.9. The first-order valence-electron chi connectivity index (χ1n) is 13.7. The van der Waals surface area contributed by atoms with Gasteiger partial charge in [-0.1, -0.05) is 12.8 Å². The Hall–Kier alpha value is -3.13. The van der Waals surface area contributed by atoms with Crippen molar-refractivity contribution in [3.63, 3.8) is 0 Å². The predicted octanol–water partition coefficient (Wildman–Crippen LogP) is 5.41. The van der Waals surface area contributed by atoms with Crippen LogP contribution in [0.4, 0.5) is 0 Å². The number of hydrogen-bond donors (Lipinski definition) is 1. The molecule has 0 unspecified atom stereocenters. The smallest absolute Gasteiger partial charge is 0.254 e. The molecule has 2 aliphatic rings. The van der Waals surface area contributed by atoms with Crippen LogP contribution >= 0.6 is 0 Å². The van der Waals surface area contributed by atoms with Gasteiger partial charge in [-0.05, 0) is 70.4 Å². The summed E-state index contributed by atoms with van der Waals surface area (Å²) in [6, 6.07) is 8.73. The highest BCUT2D eigenvalue weighted by Gasteiger charge is 2.51. The zero-order chi connectivity index (χ0) is 27.3. The maximum Gasteiger partial charge on any atom is 0.254 e. The van der Waals surface area contributed by atoms with Gasteiger partial charge < -0.3 is 33.7 Å². The molecule has 2 aromatic carbocycles. The second kappa shape index (κ2) is 12.2. The van der Waals surface area contributed by atoms with E-state index in [0.29, 0.717) is 67.1 Å². The van der Waals surface area contributed by atoms with Gasteiger partial charge in [-0.15, -0.1) is 0 Å². The molecule has 1 saturated carbocycles. The number of aliphatic hydroxyl groups is 1. The van der Waals surface area contributed by atoms with E-state index < -0.39 is 5.60 Å². The van der Waals surface area contributed by atoms with Gasteiger partial charge >= 0.3 is 0 Å². The molecule has 3 atom stereocenters. The zero-order valence-corrected chi connectivity index (χ0v) is 23.2. The van der Waals surface area contributed by atoms with Crippen molar-refractivity contribution in [2.75, 3.05) is 40.6 Å². The molecule has 8 nitrogen and oxygen atoms in total. The molecule has 208 valence electrons. The number of hydrogen-bond acceptors (Lipinski definition) is 7. The molecule has 38 heavy (non-hydrogen) atoms. The maximum absolute atomic E-state index is 14.3. The van der Waals surface area contributed by atoms with Crippen LogP contribution in [-0.4, -0.2) is 62.1 Å². The molecular formula is C30H41NO7. The van der Waals surface area contributed by atoms with Crippen LogP contribution < -0.4 is 23.7 Å². The number of amides is 1. The van der Waals surface area contributed by atoms with Crippen LogP contribution in [0, 0.1) is 5.92 Å². The first-order chi connectivity index (χ1) is 18.4. The Balaban J connectivity index is 1.83. The Labute approximate surface area is 225 Å². The molecule has 1 amide bonds. The van der Waals surface area contributed by atoms with E-state index in [1.54, 1.807) is 26.4 Å². The van der Waals surface area contributed by atoms with Gasteiger partial charge in [0.05, 0.1) is 45.7 Å². The maximum atomic E-state index is 14.3.